The minimum absolute atomic E-state index is 0.465. The summed E-state index contributed by atoms with van der Waals surface area (Å²) in [5.74, 6) is 2.73. The fraction of sp³-hybridized carbons (Fsp3) is 1.00. The molecule has 2 aliphatic carbocycles. The molecule has 1 heterocycles. The van der Waals surface area contributed by atoms with Crippen molar-refractivity contribution < 1.29 is 0 Å². The Morgan fingerprint density at radius 3 is 2.40 bits per heavy atom. The lowest BCUT2D eigenvalue weighted by Crippen LogP contribution is -2.66. The Kier molecular flexibility index (Phi) is 4.42. The zero-order chi connectivity index (χ0) is 14.2. The Hall–Kier alpha value is -0.0800. The van der Waals surface area contributed by atoms with Gasteiger partial charge in [0.2, 0.25) is 0 Å². The third-order valence-electron chi connectivity index (χ3n) is 6.19. The first kappa shape index (κ1) is 14.8. The van der Waals surface area contributed by atoms with Crippen LogP contribution in [-0.2, 0) is 0 Å². The van der Waals surface area contributed by atoms with Gasteiger partial charge >= 0.3 is 0 Å². The van der Waals surface area contributed by atoms with Crippen molar-refractivity contribution in [2.24, 2.45) is 17.8 Å². The van der Waals surface area contributed by atoms with E-state index >= 15 is 0 Å². The molecule has 1 saturated heterocycles. The third kappa shape index (κ3) is 3.22. The molecule has 116 valence electrons. The normalized spacial score (nSPS) is 32.7. The summed E-state index contributed by atoms with van der Waals surface area (Å²) >= 11 is 0. The first-order valence-corrected chi connectivity index (χ1v) is 9.09. The van der Waals surface area contributed by atoms with E-state index in [1.54, 1.807) is 0 Å². The van der Waals surface area contributed by atoms with Gasteiger partial charge in [-0.25, -0.2) is 0 Å². The largest absolute Gasteiger partial charge is 0.308 e. The van der Waals surface area contributed by atoms with Gasteiger partial charge in [-0.3, -0.25) is 4.90 Å². The zero-order valence-electron chi connectivity index (χ0n) is 13.8. The molecule has 1 N–H and O–H groups in total. The summed E-state index contributed by atoms with van der Waals surface area (Å²) in [4.78, 5) is 2.87. The first-order valence-electron chi connectivity index (χ1n) is 9.09. The van der Waals surface area contributed by atoms with Crippen molar-refractivity contribution in [2.75, 3.05) is 19.6 Å². The van der Waals surface area contributed by atoms with Crippen molar-refractivity contribution in [3.05, 3.63) is 0 Å². The molecule has 0 aromatic rings. The number of hydrogen-bond donors (Lipinski definition) is 1. The van der Waals surface area contributed by atoms with Crippen molar-refractivity contribution >= 4 is 0 Å². The molecule has 0 aromatic carbocycles. The quantitative estimate of drug-likeness (QED) is 0.844. The van der Waals surface area contributed by atoms with Gasteiger partial charge in [-0.1, -0.05) is 40.0 Å². The molecular weight excluding hydrogens is 244 g/mol. The molecule has 3 fully saturated rings. The SMILES string of the molecule is CC(C)C1CNC2(CCCCC2)CN1CC(C)C1CC1. The Morgan fingerprint density at radius 2 is 1.80 bits per heavy atom. The van der Waals surface area contributed by atoms with Gasteiger partial charge in [0.15, 0.2) is 0 Å². The summed E-state index contributed by atoms with van der Waals surface area (Å²) in [6, 6.07) is 0.753. The number of nitrogens with one attached hydrogen (secondary N) is 1. The molecule has 2 atom stereocenters. The molecule has 2 unspecified atom stereocenters. The number of hydrogen-bond acceptors (Lipinski definition) is 2. The number of piperazine rings is 1. The maximum Gasteiger partial charge on any atom is 0.0309 e. The predicted molar refractivity (Wildman–Crippen MR) is 85.9 cm³/mol. The van der Waals surface area contributed by atoms with Crippen LogP contribution >= 0.6 is 0 Å². The summed E-state index contributed by atoms with van der Waals surface area (Å²) in [6.45, 7) is 11.2. The second kappa shape index (κ2) is 5.96. The van der Waals surface area contributed by atoms with Crippen molar-refractivity contribution in [1.29, 1.82) is 0 Å². The van der Waals surface area contributed by atoms with E-state index in [9.17, 15) is 0 Å². The van der Waals surface area contributed by atoms with Crippen molar-refractivity contribution in [2.45, 2.75) is 77.3 Å². The lowest BCUT2D eigenvalue weighted by molar-refractivity contribution is 0.0254. The van der Waals surface area contributed by atoms with E-state index in [1.807, 2.05) is 0 Å². The predicted octanol–water partition coefficient (Wildman–Crippen LogP) is 3.67. The molecule has 3 aliphatic rings. The van der Waals surface area contributed by atoms with E-state index in [0.717, 1.165) is 23.8 Å². The average molecular weight is 278 g/mol. The minimum atomic E-state index is 0.465. The first-order chi connectivity index (χ1) is 9.60. The van der Waals surface area contributed by atoms with E-state index in [2.05, 4.69) is 31.0 Å². The van der Waals surface area contributed by atoms with Crippen LogP contribution in [0.25, 0.3) is 0 Å². The van der Waals surface area contributed by atoms with Crippen molar-refractivity contribution in [3.8, 4) is 0 Å². The van der Waals surface area contributed by atoms with Crippen LogP contribution in [0.2, 0.25) is 0 Å². The standard InChI is InChI=1S/C18H34N2/c1-14(2)17-11-19-18(9-5-4-6-10-18)13-20(17)12-15(3)16-7-8-16/h14-17,19H,4-13H2,1-3H3. The Balaban J connectivity index is 1.66. The molecule has 0 radical (unpaired) electrons. The molecule has 2 nitrogen and oxygen atoms in total. The monoisotopic (exact) mass is 278 g/mol. The second-order valence-corrected chi connectivity index (χ2v) is 8.28. The smallest absolute Gasteiger partial charge is 0.0309 e. The van der Waals surface area contributed by atoms with E-state index in [-0.39, 0.29) is 0 Å². The molecule has 3 rings (SSSR count). The molecule has 0 bridgehead atoms. The fourth-order valence-electron chi connectivity index (χ4n) is 4.62. The van der Waals surface area contributed by atoms with Crippen LogP contribution in [0.15, 0.2) is 0 Å². The second-order valence-electron chi connectivity index (χ2n) is 8.28. The van der Waals surface area contributed by atoms with E-state index < -0.39 is 0 Å². The molecule has 1 spiro atoms. The van der Waals surface area contributed by atoms with Crippen molar-refractivity contribution in [1.82, 2.24) is 10.2 Å². The van der Waals surface area contributed by atoms with Crippen LogP contribution in [0.5, 0.6) is 0 Å². The summed E-state index contributed by atoms with van der Waals surface area (Å²) < 4.78 is 0. The van der Waals surface area contributed by atoms with Crippen LogP contribution in [0.3, 0.4) is 0 Å². The number of nitrogens with zero attached hydrogens (tertiary/aromatic N) is 1. The topological polar surface area (TPSA) is 15.3 Å². The summed E-state index contributed by atoms with van der Waals surface area (Å²) in [6.07, 6.45) is 10.1. The lowest BCUT2D eigenvalue weighted by Gasteiger charge is -2.51. The van der Waals surface area contributed by atoms with Gasteiger partial charge in [-0.2, -0.15) is 0 Å². The maximum atomic E-state index is 3.97. The van der Waals surface area contributed by atoms with Crippen LogP contribution in [0, 0.1) is 17.8 Å². The van der Waals surface area contributed by atoms with Gasteiger partial charge in [-0.15, -0.1) is 0 Å². The summed E-state index contributed by atoms with van der Waals surface area (Å²) in [7, 11) is 0. The van der Waals surface area contributed by atoms with E-state index in [1.165, 1.54) is 64.6 Å². The van der Waals surface area contributed by atoms with Gasteiger partial charge in [0.05, 0.1) is 0 Å². The van der Waals surface area contributed by atoms with Crippen LogP contribution in [0.4, 0.5) is 0 Å². The molecule has 2 heteroatoms. The van der Waals surface area contributed by atoms with Gasteiger partial charge < -0.3 is 5.32 Å². The molecule has 0 aromatic heterocycles. The van der Waals surface area contributed by atoms with Crippen molar-refractivity contribution in [3.63, 3.8) is 0 Å². The van der Waals surface area contributed by atoms with Crippen LogP contribution in [0.1, 0.15) is 65.7 Å². The maximum absolute atomic E-state index is 3.97. The summed E-state index contributed by atoms with van der Waals surface area (Å²) in [5, 5.41) is 3.97. The van der Waals surface area contributed by atoms with E-state index in [4.69, 9.17) is 0 Å². The molecular formula is C18H34N2. The lowest BCUT2D eigenvalue weighted by atomic mass is 9.78. The van der Waals surface area contributed by atoms with Crippen LogP contribution < -0.4 is 5.32 Å². The fourth-order valence-corrected chi connectivity index (χ4v) is 4.62. The average Bonchev–Trinajstić information content (AvgIpc) is 3.23. The molecule has 1 aliphatic heterocycles. The highest BCUT2D eigenvalue weighted by Gasteiger charge is 2.41. The Morgan fingerprint density at radius 1 is 1.10 bits per heavy atom. The molecule has 2 saturated carbocycles. The highest BCUT2D eigenvalue weighted by molar-refractivity contribution is 5.01. The van der Waals surface area contributed by atoms with E-state index in [0.29, 0.717) is 5.54 Å². The summed E-state index contributed by atoms with van der Waals surface area (Å²) in [5.41, 5.74) is 0.465. The van der Waals surface area contributed by atoms with Gasteiger partial charge in [-0.05, 0) is 43.4 Å². The van der Waals surface area contributed by atoms with Crippen LogP contribution in [-0.4, -0.2) is 36.1 Å². The Bertz CT molecular complexity index is 315. The molecule has 20 heavy (non-hydrogen) atoms. The van der Waals surface area contributed by atoms with Gasteiger partial charge in [0, 0.05) is 31.2 Å². The highest BCUT2D eigenvalue weighted by Crippen LogP contribution is 2.39. The number of rotatable bonds is 4. The third-order valence-corrected chi connectivity index (χ3v) is 6.19. The van der Waals surface area contributed by atoms with Gasteiger partial charge in [0.1, 0.15) is 0 Å². The molecule has 0 amide bonds. The highest BCUT2D eigenvalue weighted by atomic mass is 15.3. The Labute approximate surface area is 125 Å². The minimum Gasteiger partial charge on any atom is -0.308 e. The van der Waals surface area contributed by atoms with Gasteiger partial charge in [0.25, 0.3) is 0 Å². The zero-order valence-corrected chi connectivity index (χ0v) is 13.8.